The van der Waals surface area contributed by atoms with Crippen LogP contribution in [0.5, 0.6) is 0 Å². The minimum atomic E-state index is -3.60. The number of rotatable bonds is 4. The van der Waals surface area contributed by atoms with Crippen molar-refractivity contribution in [2.45, 2.75) is 38.0 Å². The lowest BCUT2D eigenvalue weighted by molar-refractivity contribution is 0.103. The van der Waals surface area contributed by atoms with Gasteiger partial charge < -0.3 is 5.32 Å². The van der Waals surface area contributed by atoms with Gasteiger partial charge in [0, 0.05) is 28.9 Å². The zero-order valence-electron chi connectivity index (χ0n) is 16.9. The van der Waals surface area contributed by atoms with E-state index in [4.69, 9.17) is 0 Å². The van der Waals surface area contributed by atoms with Crippen molar-refractivity contribution in [1.82, 2.24) is 4.31 Å². The van der Waals surface area contributed by atoms with Crippen LogP contribution >= 0.6 is 11.3 Å². The average molecular weight is 447 g/mol. The molecule has 0 saturated carbocycles. The number of aryl methyl sites for hydroxylation is 2. The molecule has 0 bridgehead atoms. The van der Waals surface area contributed by atoms with Gasteiger partial charge in [-0.3, -0.25) is 4.79 Å². The lowest BCUT2D eigenvalue weighted by atomic mass is 10.1. The molecule has 1 saturated heterocycles. The summed E-state index contributed by atoms with van der Waals surface area (Å²) in [5.74, 6) is -0.727. The van der Waals surface area contributed by atoms with Gasteiger partial charge in [-0.15, -0.1) is 11.3 Å². The maximum Gasteiger partial charge on any atom is 0.266 e. The number of nitrogens with zero attached hydrogens (tertiary/aromatic N) is 1. The van der Waals surface area contributed by atoms with E-state index in [1.807, 2.05) is 6.92 Å². The molecule has 8 heteroatoms. The first-order valence-corrected chi connectivity index (χ1v) is 12.1. The fourth-order valence-electron chi connectivity index (χ4n) is 3.80. The molecule has 3 aromatic rings. The lowest BCUT2D eigenvalue weighted by Crippen LogP contribution is -2.35. The molecule has 0 aliphatic carbocycles. The molecule has 4 rings (SSSR count). The Morgan fingerprint density at radius 3 is 2.53 bits per heavy atom. The number of carbonyl (C=O) groups excluding carboxylic acids is 1. The number of amides is 1. The van der Waals surface area contributed by atoms with Crippen molar-refractivity contribution in [3.8, 4) is 0 Å². The van der Waals surface area contributed by atoms with E-state index in [-0.39, 0.29) is 16.6 Å². The maximum absolute atomic E-state index is 14.2. The number of hydrogen-bond donors (Lipinski definition) is 1. The second-order valence-electron chi connectivity index (χ2n) is 7.56. The number of carbonyl (C=O) groups is 1. The highest BCUT2D eigenvalue weighted by Gasteiger charge is 2.27. The third kappa shape index (κ3) is 3.75. The van der Waals surface area contributed by atoms with Crippen molar-refractivity contribution >= 4 is 43.0 Å². The lowest BCUT2D eigenvalue weighted by Gasteiger charge is -2.26. The Bertz CT molecular complexity index is 1230. The number of hydrogen-bond acceptors (Lipinski definition) is 4. The molecule has 0 spiro atoms. The maximum atomic E-state index is 14.2. The molecule has 1 aromatic heterocycles. The normalized spacial score (nSPS) is 15.4. The Hall–Kier alpha value is -2.29. The molecule has 0 unspecified atom stereocenters. The summed E-state index contributed by atoms with van der Waals surface area (Å²) in [7, 11) is -3.60. The Morgan fingerprint density at radius 2 is 1.83 bits per heavy atom. The van der Waals surface area contributed by atoms with Crippen LogP contribution in [-0.2, 0) is 10.0 Å². The fraction of sp³-hybridized carbons (Fsp3) is 0.318. The number of benzene rings is 2. The van der Waals surface area contributed by atoms with E-state index in [1.54, 1.807) is 31.2 Å². The molecule has 1 fully saturated rings. The SMILES string of the molecule is Cc1ccc(S(=O)(=O)N2CCCCC2)cc1NC(=O)c1sc2cccc(F)c2c1C. The van der Waals surface area contributed by atoms with Gasteiger partial charge in [-0.25, -0.2) is 12.8 Å². The number of piperidine rings is 1. The van der Waals surface area contributed by atoms with E-state index in [1.165, 1.54) is 27.8 Å². The van der Waals surface area contributed by atoms with Crippen LogP contribution in [0.3, 0.4) is 0 Å². The third-order valence-corrected chi connectivity index (χ3v) is 8.67. The second-order valence-corrected chi connectivity index (χ2v) is 10.6. The van der Waals surface area contributed by atoms with Crippen molar-refractivity contribution in [2.75, 3.05) is 18.4 Å². The first-order valence-electron chi connectivity index (χ1n) is 9.89. The Kier molecular flexibility index (Phi) is 5.65. The van der Waals surface area contributed by atoms with Gasteiger partial charge in [-0.1, -0.05) is 18.6 Å². The number of sulfonamides is 1. The Labute approximate surface area is 179 Å². The minimum absolute atomic E-state index is 0.171. The number of fused-ring (bicyclic) bond motifs is 1. The van der Waals surface area contributed by atoms with Crippen molar-refractivity contribution in [1.29, 1.82) is 0 Å². The van der Waals surface area contributed by atoms with Crippen LogP contribution in [0.15, 0.2) is 41.3 Å². The fourth-order valence-corrected chi connectivity index (χ4v) is 6.46. The van der Waals surface area contributed by atoms with Crippen LogP contribution in [0.2, 0.25) is 0 Å². The molecular weight excluding hydrogens is 423 g/mol. The summed E-state index contributed by atoms with van der Waals surface area (Å²) >= 11 is 1.23. The standard InChI is InChI=1S/C22H23FN2O3S2/c1-14-9-10-16(30(27,28)25-11-4-3-5-12-25)13-18(14)24-22(26)21-15(2)20-17(23)7-6-8-19(20)29-21/h6-10,13H,3-5,11-12H2,1-2H3,(H,24,26). The summed E-state index contributed by atoms with van der Waals surface area (Å²) in [6.45, 7) is 4.57. The molecule has 1 amide bonds. The Balaban J connectivity index is 1.65. The van der Waals surface area contributed by atoms with E-state index in [0.717, 1.165) is 24.8 Å². The molecule has 1 aliphatic rings. The quantitative estimate of drug-likeness (QED) is 0.607. The highest BCUT2D eigenvalue weighted by molar-refractivity contribution is 7.89. The predicted molar refractivity (Wildman–Crippen MR) is 118 cm³/mol. The highest BCUT2D eigenvalue weighted by atomic mass is 32.2. The first-order chi connectivity index (χ1) is 14.3. The molecule has 1 N–H and O–H groups in total. The summed E-state index contributed by atoms with van der Waals surface area (Å²) in [5.41, 5.74) is 1.78. The molecule has 2 heterocycles. The summed E-state index contributed by atoms with van der Waals surface area (Å²) in [4.78, 5) is 13.5. The second kappa shape index (κ2) is 8.09. The zero-order chi connectivity index (χ0) is 21.5. The van der Waals surface area contributed by atoms with E-state index in [9.17, 15) is 17.6 Å². The van der Waals surface area contributed by atoms with Gasteiger partial charge in [0.15, 0.2) is 0 Å². The van der Waals surface area contributed by atoms with Gasteiger partial charge in [0.05, 0.1) is 9.77 Å². The molecular formula is C22H23FN2O3S2. The van der Waals surface area contributed by atoms with Gasteiger partial charge in [0.25, 0.3) is 5.91 Å². The minimum Gasteiger partial charge on any atom is -0.321 e. The average Bonchev–Trinajstić information content (AvgIpc) is 3.08. The number of halogens is 1. The first kappa shape index (κ1) is 21.0. The van der Waals surface area contributed by atoms with Gasteiger partial charge in [0.2, 0.25) is 10.0 Å². The third-order valence-electron chi connectivity index (χ3n) is 5.52. The van der Waals surface area contributed by atoms with Crippen LogP contribution < -0.4 is 5.32 Å². The molecule has 1 aliphatic heterocycles. The smallest absolute Gasteiger partial charge is 0.266 e. The molecule has 30 heavy (non-hydrogen) atoms. The van der Waals surface area contributed by atoms with Crippen molar-refractivity contribution < 1.29 is 17.6 Å². The van der Waals surface area contributed by atoms with Crippen LogP contribution in [0.1, 0.15) is 40.1 Å². The summed E-state index contributed by atoms with van der Waals surface area (Å²) in [5, 5.41) is 3.28. The van der Waals surface area contributed by atoms with Gasteiger partial charge in [-0.2, -0.15) is 4.31 Å². The molecule has 158 valence electrons. The summed E-state index contributed by atoms with van der Waals surface area (Å²) < 4.78 is 42.4. The van der Waals surface area contributed by atoms with Crippen LogP contribution in [-0.4, -0.2) is 31.7 Å². The van der Waals surface area contributed by atoms with E-state index < -0.39 is 10.0 Å². The number of anilines is 1. The van der Waals surface area contributed by atoms with Crippen molar-refractivity contribution in [2.24, 2.45) is 0 Å². The van der Waals surface area contributed by atoms with Crippen LogP contribution in [0.4, 0.5) is 10.1 Å². The van der Waals surface area contributed by atoms with Crippen molar-refractivity contribution in [3.05, 3.63) is 58.2 Å². The van der Waals surface area contributed by atoms with Crippen LogP contribution in [0, 0.1) is 19.7 Å². The Morgan fingerprint density at radius 1 is 1.10 bits per heavy atom. The molecule has 5 nitrogen and oxygen atoms in total. The molecule has 0 radical (unpaired) electrons. The zero-order valence-corrected chi connectivity index (χ0v) is 18.5. The molecule has 2 aromatic carbocycles. The van der Waals surface area contributed by atoms with E-state index >= 15 is 0 Å². The van der Waals surface area contributed by atoms with Gasteiger partial charge in [-0.05, 0) is 62.1 Å². The topological polar surface area (TPSA) is 66.5 Å². The largest absolute Gasteiger partial charge is 0.321 e. The van der Waals surface area contributed by atoms with Gasteiger partial charge in [0.1, 0.15) is 5.82 Å². The summed E-state index contributed by atoms with van der Waals surface area (Å²) in [6, 6.07) is 9.57. The van der Waals surface area contributed by atoms with Crippen molar-refractivity contribution in [3.63, 3.8) is 0 Å². The predicted octanol–water partition coefficient (Wildman–Crippen LogP) is 5.08. The van der Waals surface area contributed by atoms with Crippen LogP contribution in [0.25, 0.3) is 10.1 Å². The van der Waals surface area contributed by atoms with E-state index in [2.05, 4.69) is 5.32 Å². The summed E-state index contributed by atoms with van der Waals surface area (Å²) in [6.07, 6.45) is 2.75. The van der Waals surface area contributed by atoms with Gasteiger partial charge >= 0.3 is 0 Å². The number of thiophene rings is 1. The highest BCUT2D eigenvalue weighted by Crippen LogP contribution is 2.33. The monoisotopic (exact) mass is 446 g/mol. The number of nitrogens with one attached hydrogen (secondary N) is 1. The molecule has 0 atom stereocenters. The van der Waals surface area contributed by atoms with E-state index in [0.29, 0.717) is 39.3 Å².